The van der Waals surface area contributed by atoms with Gasteiger partial charge in [-0.1, -0.05) is 19.1 Å². The number of nitrogens with one attached hydrogen (secondary N) is 1. The maximum Gasteiger partial charge on any atom is 0.272 e. The summed E-state index contributed by atoms with van der Waals surface area (Å²) in [6.45, 7) is 9.12. The third-order valence-corrected chi connectivity index (χ3v) is 4.56. The molecule has 0 radical (unpaired) electrons. The Hall–Kier alpha value is -2.60. The largest absolute Gasteiger partial charge is 0.492 e. The number of para-hydroxylation sites is 2. The normalized spacial score (nSPS) is 14.9. The van der Waals surface area contributed by atoms with Crippen LogP contribution >= 0.6 is 0 Å². The Bertz CT molecular complexity index is 725. The zero-order chi connectivity index (χ0) is 18.4. The Kier molecular flexibility index (Phi) is 6.07. The lowest BCUT2D eigenvalue weighted by Crippen LogP contribution is -2.48. The average molecular weight is 354 g/mol. The number of piperazine rings is 1. The monoisotopic (exact) mass is 354 g/mol. The molecule has 1 aliphatic rings. The molecule has 1 aromatic heterocycles. The van der Waals surface area contributed by atoms with Gasteiger partial charge in [-0.3, -0.25) is 4.79 Å². The van der Waals surface area contributed by atoms with Crippen LogP contribution in [-0.4, -0.2) is 60.0 Å². The van der Waals surface area contributed by atoms with Crippen molar-refractivity contribution in [3.05, 3.63) is 48.3 Å². The van der Waals surface area contributed by atoms with Crippen molar-refractivity contribution in [1.29, 1.82) is 0 Å². The summed E-state index contributed by atoms with van der Waals surface area (Å²) < 4.78 is 5.62. The lowest BCUT2D eigenvalue weighted by atomic mass is 10.2. The Labute approximate surface area is 154 Å². The molecule has 26 heavy (non-hydrogen) atoms. The Balaban J connectivity index is 1.64. The Morgan fingerprint density at radius 1 is 1.12 bits per heavy atom. The molecule has 0 aliphatic carbocycles. The fourth-order valence-electron chi connectivity index (χ4n) is 3.03. The Morgan fingerprint density at radius 2 is 1.88 bits per heavy atom. The van der Waals surface area contributed by atoms with Gasteiger partial charge in [-0.15, -0.1) is 0 Å². The van der Waals surface area contributed by atoms with Crippen molar-refractivity contribution in [2.75, 3.05) is 44.6 Å². The van der Waals surface area contributed by atoms with E-state index in [1.54, 1.807) is 12.3 Å². The van der Waals surface area contributed by atoms with Crippen LogP contribution in [0.5, 0.6) is 5.75 Å². The van der Waals surface area contributed by atoms with Gasteiger partial charge in [0, 0.05) is 26.2 Å². The van der Waals surface area contributed by atoms with Crippen molar-refractivity contribution in [3.63, 3.8) is 0 Å². The first-order chi connectivity index (χ1) is 12.7. The predicted molar refractivity (Wildman–Crippen MR) is 103 cm³/mol. The second kappa shape index (κ2) is 8.67. The summed E-state index contributed by atoms with van der Waals surface area (Å²) in [5.41, 5.74) is 2.19. The molecule has 1 fully saturated rings. The van der Waals surface area contributed by atoms with Gasteiger partial charge in [0.25, 0.3) is 5.91 Å². The minimum Gasteiger partial charge on any atom is -0.492 e. The maximum atomic E-state index is 12.6. The topological polar surface area (TPSA) is 57.7 Å². The van der Waals surface area contributed by atoms with Crippen LogP contribution in [0.15, 0.2) is 42.6 Å². The minimum absolute atomic E-state index is 0.00187. The first-order valence-electron chi connectivity index (χ1n) is 9.17. The van der Waals surface area contributed by atoms with Crippen LogP contribution in [0, 0.1) is 0 Å². The van der Waals surface area contributed by atoms with E-state index in [0.29, 0.717) is 12.3 Å². The molecule has 0 atom stereocenters. The molecular weight excluding hydrogens is 328 g/mol. The first-order valence-corrected chi connectivity index (χ1v) is 9.17. The fourth-order valence-corrected chi connectivity index (χ4v) is 3.03. The molecule has 0 unspecified atom stereocenters. The number of pyridine rings is 1. The first kappa shape index (κ1) is 18.2. The number of hydrogen-bond acceptors (Lipinski definition) is 5. The van der Waals surface area contributed by atoms with Crippen molar-refractivity contribution in [1.82, 2.24) is 14.8 Å². The van der Waals surface area contributed by atoms with Gasteiger partial charge in [0.05, 0.1) is 24.2 Å². The van der Waals surface area contributed by atoms with Gasteiger partial charge < -0.3 is 19.9 Å². The van der Waals surface area contributed by atoms with Crippen LogP contribution in [0.4, 0.5) is 11.4 Å². The number of amides is 1. The number of hydrogen-bond donors (Lipinski definition) is 1. The second-order valence-electron chi connectivity index (χ2n) is 6.21. The maximum absolute atomic E-state index is 12.6. The summed E-state index contributed by atoms with van der Waals surface area (Å²) in [6, 6.07) is 11.4. The van der Waals surface area contributed by atoms with E-state index in [2.05, 4.69) is 22.1 Å². The van der Waals surface area contributed by atoms with Crippen LogP contribution in [0.2, 0.25) is 0 Å². The van der Waals surface area contributed by atoms with E-state index < -0.39 is 0 Å². The van der Waals surface area contributed by atoms with Crippen molar-refractivity contribution in [2.45, 2.75) is 13.8 Å². The van der Waals surface area contributed by atoms with Gasteiger partial charge in [0.15, 0.2) is 0 Å². The third-order valence-electron chi connectivity index (χ3n) is 4.56. The molecular formula is C20H26N4O2. The predicted octanol–water partition coefficient (Wildman–Crippen LogP) is 3.00. The van der Waals surface area contributed by atoms with Gasteiger partial charge in [-0.05, 0) is 37.7 Å². The van der Waals surface area contributed by atoms with Crippen LogP contribution < -0.4 is 10.1 Å². The van der Waals surface area contributed by atoms with Crippen molar-refractivity contribution in [3.8, 4) is 5.75 Å². The molecule has 0 bridgehead atoms. The second-order valence-corrected chi connectivity index (χ2v) is 6.21. The molecule has 1 saturated heterocycles. The number of carbonyl (C=O) groups excluding carboxylic acids is 1. The van der Waals surface area contributed by atoms with Crippen molar-refractivity contribution in [2.24, 2.45) is 0 Å². The van der Waals surface area contributed by atoms with Crippen LogP contribution in [0.3, 0.4) is 0 Å². The number of benzene rings is 1. The summed E-state index contributed by atoms with van der Waals surface area (Å²) in [4.78, 5) is 21.2. The van der Waals surface area contributed by atoms with Gasteiger partial charge in [-0.2, -0.15) is 0 Å². The van der Waals surface area contributed by atoms with E-state index in [1.807, 2.05) is 42.2 Å². The van der Waals surface area contributed by atoms with Crippen molar-refractivity contribution < 1.29 is 9.53 Å². The molecule has 2 heterocycles. The van der Waals surface area contributed by atoms with Gasteiger partial charge in [0.2, 0.25) is 0 Å². The number of anilines is 2. The highest BCUT2D eigenvalue weighted by molar-refractivity contribution is 5.92. The van der Waals surface area contributed by atoms with Gasteiger partial charge in [-0.25, -0.2) is 4.98 Å². The average Bonchev–Trinajstić information content (AvgIpc) is 2.70. The number of ether oxygens (including phenoxy) is 1. The highest BCUT2D eigenvalue weighted by atomic mass is 16.5. The molecule has 138 valence electrons. The standard InChI is InChI=1S/C20H26N4O2/c1-3-23-11-13-24(14-12-23)20(25)18-10-9-16(15-21-18)22-17-7-5-6-8-19(17)26-4-2/h5-10,15,22H,3-4,11-14H2,1-2H3. The zero-order valence-electron chi connectivity index (χ0n) is 15.4. The van der Waals surface area contributed by atoms with E-state index >= 15 is 0 Å². The molecule has 1 aliphatic heterocycles. The molecule has 2 aromatic rings. The van der Waals surface area contributed by atoms with E-state index in [0.717, 1.165) is 49.8 Å². The summed E-state index contributed by atoms with van der Waals surface area (Å²) in [5.74, 6) is 0.797. The highest BCUT2D eigenvalue weighted by Gasteiger charge is 2.22. The molecule has 1 N–H and O–H groups in total. The summed E-state index contributed by atoms with van der Waals surface area (Å²) >= 11 is 0. The molecule has 3 rings (SSSR count). The zero-order valence-corrected chi connectivity index (χ0v) is 15.4. The van der Waals surface area contributed by atoms with Crippen LogP contribution in [0.1, 0.15) is 24.3 Å². The molecule has 6 nitrogen and oxygen atoms in total. The quantitative estimate of drug-likeness (QED) is 0.864. The third kappa shape index (κ3) is 4.32. The lowest BCUT2D eigenvalue weighted by molar-refractivity contribution is 0.0637. The fraction of sp³-hybridized carbons (Fsp3) is 0.400. The van der Waals surface area contributed by atoms with E-state index in [1.165, 1.54) is 0 Å². The minimum atomic E-state index is 0.00187. The molecule has 1 aromatic carbocycles. The van der Waals surface area contributed by atoms with Gasteiger partial charge >= 0.3 is 0 Å². The molecule has 6 heteroatoms. The molecule has 1 amide bonds. The van der Waals surface area contributed by atoms with E-state index in [4.69, 9.17) is 4.74 Å². The number of nitrogens with zero attached hydrogens (tertiary/aromatic N) is 3. The number of likely N-dealkylation sites (N-methyl/N-ethyl adjacent to an activating group) is 1. The lowest BCUT2D eigenvalue weighted by Gasteiger charge is -2.33. The Morgan fingerprint density at radius 3 is 2.54 bits per heavy atom. The molecule has 0 saturated carbocycles. The van der Waals surface area contributed by atoms with Gasteiger partial charge in [0.1, 0.15) is 11.4 Å². The number of carbonyl (C=O) groups is 1. The van der Waals surface area contributed by atoms with Crippen molar-refractivity contribution >= 4 is 17.3 Å². The number of rotatable bonds is 6. The van der Waals surface area contributed by atoms with Crippen LogP contribution in [0.25, 0.3) is 0 Å². The van der Waals surface area contributed by atoms with E-state index in [9.17, 15) is 4.79 Å². The molecule has 0 spiro atoms. The smallest absolute Gasteiger partial charge is 0.272 e. The number of aromatic nitrogens is 1. The SMILES string of the molecule is CCOc1ccccc1Nc1ccc(C(=O)N2CCN(CC)CC2)nc1. The summed E-state index contributed by atoms with van der Waals surface area (Å²) in [7, 11) is 0. The van der Waals surface area contributed by atoms with E-state index in [-0.39, 0.29) is 5.91 Å². The van der Waals surface area contributed by atoms with Crippen LogP contribution in [-0.2, 0) is 0 Å². The summed E-state index contributed by atoms with van der Waals surface area (Å²) in [5, 5.41) is 3.30. The summed E-state index contributed by atoms with van der Waals surface area (Å²) in [6.07, 6.45) is 1.69. The highest BCUT2D eigenvalue weighted by Crippen LogP contribution is 2.27.